The van der Waals surface area contributed by atoms with E-state index in [1.54, 1.807) is 19.2 Å². The number of aromatic nitrogens is 1. The van der Waals surface area contributed by atoms with E-state index in [0.29, 0.717) is 11.4 Å². The molecule has 1 aromatic heterocycles. The SMILES string of the molecule is CNC(=O)c1cc(NOC)ccn1. The summed E-state index contributed by atoms with van der Waals surface area (Å²) in [5.41, 5.74) is 3.65. The molecule has 0 aromatic carbocycles. The number of pyridine rings is 1. The molecule has 0 aliphatic rings. The Hall–Kier alpha value is -1.62. The molecule has 0 spiro atoms. The zero-order chi connectivity index (χ0) is 9.68. The average Bonchev–Trinajstić information content (AvgIpc) is 2.18. The highest BCUT2D eigenvalue weighted by Gasteiger charge is 2.04. The van der Waals surface area contributed by atoms with Crippen molar-refractivity contribution in [2.24, 2.45) is 0 Å². The molecular formula is C8H11N3O2. The van der Waals surface area contributed by atoms with Crippen LogP contribution in [0, 0.1) is 0 Å². The van der Waals surface area contributed by atoms with Gasteiger partial charge < -0.3 is 5.32 Å². The van der Waals surface area contributed by atoms with Crippen LogP contribution in [0.2, 0.25) is 0 Å². The molecule has 0 aliphatic carbocycles. The molecule has 0 radical (unpaired) electrons. The number of carbonyl (C=O) groups excluding carboxylic acids is 1. The van der Waals surface area contributed by atoms with Gasteiger partial charge in [0.05, 0.1) is 12.8 Å². The van der Waals surface area contributed by atoms with Gasteiger partial charge in [-0.1, -0.05) is 0 Å². The highest BCUT2D eigenvalue weighted by Crippen LogP contribution is 2.06. The van der Waals surface area contributed by atoms with Crippen molar-refractivity contribution in [1.29, 1.82) is 0 Å². The summed E-state index contributed by atoms with van der Waals surface area (Å²) in [6, 6.07) is 3.30. The van der Waals surface area contributed by atoms with Gasteiger partial charge in [-0.3, -0.25) is 20.1 Å². The molecule has 0 atom stereocenters. The molecular weight excluding hydrogens is 170 g/mol. The maximum Gasteiger partial charge on any atom is 0.269 e. The molecule has 0 aliphatic heterocycles. The lowest BCUT2D eigenvalue weighted by molar-refractivity contribution is 0.0958. The fourth-order valence-electron chi connectivity index (χ4n) is 0.864. The van der Waals surface area contributed by atoms with E-state index in [4.69, 9.17) is 0 Å². The van der Waals surface area contributed by atoms with E-state index in [0.717, 1.165) is 0 Å². The number of carbonyl (C=O) groups is 1. The minimum Gasteiger partial charge on any atom is -0.354 e. The van der Waals surface area contributed by atoms with Gasteiger partial charge in [0, 0.05) is 13.2 Å². The second-order valence-electron chi connectivity index (χ2n) is 2.32. The van der Waals surface area contributed by atoms with Crippen molar-refractivity contribution < 1.29 is 9.63 Å². The minimum absolute atomic E-state index is 0.222. The van der Waals surface area contributed by atoms with Crippen molar-refractivity contribution in [3.8, 4) is 0 Å². The molecule has 1 aromatic rings. The maximum atomic E-state index is 11.1. The van der Waals surface area contributed by atoms with E-state index in [2.05, 4.69) is 20.6 Å². The lowest BCUT2D eigenvalue weighted by Gasteiger charge is -2.03. The third-order valence-corrected chi connectivity index (χ3v) is 1.44. The first-order chi connectivity index (χ1) is 6.27. The summed E-state index contributed by atoms with van der Waals surface area (Å²) < 4.78 is 0. The van der Waals surface area contributed by atoms with Crippen LogP contribution in [-0.2, 0) is 4.84 Å². The van der Waals surface area contributed by atoms with Gasteiger partial charge in [0.1, 0.15) is 5.69 Å². The fraction of sp³-hybridized carbons (Fsp3) is 0.250. The van der Waals surface area contributed by atoms with Crippen LogP contribution in [0.5, 0.6) is 0 Å². The number of nitrogens with zero attached hydrogens (tertiary/aromatic N) is 1. The summed E-state index contributed by atoms with van der Waals surface area (Å²) in [5.74, 6) is -0.222. The van der Waals surface area contributed by atoms with Gasteiger partial charge in [-0.25, -0.2) is 0 Å². The molecule has 1 heterocycles. The number of amides is 1. The largest absolute Gasteiger partial charge is 0.354 e. The highest BCUT2D eigenvalue weighted by molar-refractivity contribution is 5.92. The number of rotatable bonds is 3. The van der Waals surface area contributed by atoms with Gasteiger partial charge in [-0.15, -0.1) is 0 Å². The number of hydrogen-bond acceptors (Lipinski definition) is 4. The Balaban J connectivity index is 2.85. The van der Waals surface area contributed by atoms with Gasteiger partial charge in [-0.05, 0) is 12.1 Å². The lowest BCUT2D eigenvalue weighted by atomic mass is 10.3. The Kier molecular flexibility index (Phi) is 3.22. The second kappa shape index (κ2) is 4.42. The molecule has 70 valence electrons. The molecule has 5 heteroatoms. The number of hydrogen-bond donors (Lipinski definition) is 2. The summed E-state index contributed by atoms with van der Waals surface area (Å²) in [6.07, 6.45) is 1.53. The molecule has 0 saturated carbocycles. The first-order valence-corrected chi connectivity index (χ1v) is 3.75. The van der Waals surface area contributed by atoms with E-state index in [-0.39, 0.29) is 5.91 Å². The smallest absolute Gasteiger partial charge is 0.269 e. The summed E-state index contributed by atoms with van der Waals surface area (Å²) in [4.78, 5) is 19.7. The van der Waals surface area contributed by atoms with Crippen LogP contribution in [0.25, 0.3) is 0 Å². The molecule has 0 bridgehead atoms. The van der Waals surface area contributed by atoms with Crippen LogP contribution in [0.3, 0.4) is 0 Å². The first-order valence-electron chi connectivity index (χ1n) is 3.75. The number of nitrogens with one attached hydrogen (secondary N) is 2. The quantitative estimate of drug-likeness (QED) is 0.663. The van der Waals surface area contributed by atoms with Crippen molar-refractivity contribution in [3.05, 3.63) is 24.0 Å². The molecule has 5 nitrogen and oxygen atoms in total. The summed E-state index contributed by atoms with van der Waals surface area (Å²) >= 11 is 0. The van der Waals surface area contributed by atoms with Crippen molar-refractivity contribution in [2.75, 3.05) is 19.6 Å². The second-order valence-corrected chi connectivity index (χ2v) is 2.32. The van der Waals surface area contributed by atoms with Crippen molar-refractivity contribution in [3.63, 3.8) is 0 Å². The normalized spacial score (nSPS) is 9.38. The van der Waals surface area contributed by atoms with Crippen LogP contribution in [0.15, 0.2) is 18.3 Å². The molecule has 13 heavy (non-hydrogen) atoms. The number of anilines is 1. The van der Waals surface area contributed by atoms with Gasteiger partial charge in [0.15, 0.2) is 0 Å². The van der Waals surface area contributed by atoms with Crippen molar-refractivity contribution in [2.45, 2.75) is 0 Å². The van der Waals surface area contributed by atoms with Crippen molar-refractivity contribution in [1.82, 2.24) is 10.3 Å². The predicted octanol–water partition coefficient (Wildman–Crippen LogP) is 0.414. The Labute approximate surface area is 76.1 Å². The summed E-state index contributed by atoms with van der Waals surface area (Å²) in [6.45, 7) is 0. The van der Waals surface area contributed by atoms with E-state index in [1.165, 1.54) is 13.3 Å². The van der Waals surface area contributed by atoms with E-state index in [1.807, 2.05) is 0 Å². The average molecular weight is 181 g/mol. The molecule has 0 unspecified atom stereocenters. The third kappa shape index (κ3) is 2.41. The van der Waals surface area contributed by atoms with Gasteiger partial charge in [0.2, 0.25) is 0 Å². The fourth-order valence-corrected chi connectivity index (χ4v) is 0.864. The Morgan fingerprint density at radius 3 is 3.00 bits per heavy atom. The standard InChI is InChI=1S/C8H11N3O2/c1-9-8(12)7-5-6(11-13-2)3-4-10-7/h3-5H,1-2H3,(H,9,12)(H,10,11). The van der Waals surface area contributed by atoms with Crippen LogP contribution >= 0.6 is 0 Å². The van der Waals surface area contributed by atoms with Crippen LogP contribution < -0.4 is 10.8 Å². The van der Waals surface area contributed by atoms with Gasteiger partial charge in [-0.2, -0.15) is 0 Å². The van der Waals surface area contributed by atoms with Gasteiger partial charge >= 0.3 is 0 Å². The Morgan fingerprint density at radius 2 is 2.38 bits per heavy atom. The summed E-state index contributed by atoms with van der Waals surface area (Å²) in [7, 11) is 3.06. The molecule has 1 amide bonds. The lowest BCUT2D eigenvalue weighted by Crippen LogP contribution is -2.19. The van der Waals surface area contributed by atoms with Crippen LogP contribution in [0.1, 0.15) is 10.5 Å². The predicted molar refractivity (Wildman–Crippen MR) is 48.3 cm³/mol. The maximum absolute atomic E-state index is 11.1. The Bertz CT molecular complexity index is 301. The zero-order valence-electron chi connectivity index (χ0n) is 7.50. The van der Waals surface area contributed by atoms with E-state index >= 15 is 0 Å². The van der Waals surface area contributed by atoms with Gasteiger partial charge in [0.25, 0.3) is 5.91 Å². The monoisotopic (exact) mass is 181 g/mol. The zero-order valence-corrected chi connectivity index (χ0v) is 7.50. The Morgan fingerprint density at radius 1 is 1.62 bits per heavy atom. The minimum atomic E-state index is -0.222. The highest BCUT2D eigenvalue weighted by atomic mass is 16.6. The van der Waals surface area contributed by atoms with Crippen LogP contribution in [0.4, 0.5) is 5.69 Å². The first kappa shape index (κ1) is 9.47. The molecule has 0 fully saturated rings. The molecule has 0 saturated heterocycles. The topological polar surface area (TPSA) is 63.2 Å². The van der Waals surface area contributed by atoms with E-state index < -0.39 is 0 Å². The van der Waals surface area contributed by atoms with E-state index in [9.17, 15) is 4.79 Å². The third-order valence-electron chi connectivity index (χ3n) is 1.44. The molecule has 1 rings (SSSR count). The summed E-state index contributed by atoms with van der Waals surface area (Å²) in [5, 5.41) is 2.48. The van der Waals surface area contributed by atoms with Crippen molar-refractivity contribution >= 4 is 11.6 Å². The molecule has 2 N–H and O–H groups in total. The van der Waals surface area contributed by atoms with Crippen LogP contribution in [-0.4, -0.2) is 25.0 Å².